The van der Waals surface area contributed by atoms with Crippen LogP contribution >= 0.6 is 0 Å². The first-order chi connectivity index (χ1) is 10.1. The van der Waals surface area contributed by atoms with Crippen molar-refractivity contribution in [3.05, 3.63) is 65.6 Å². The number of aromatic amines is 1. The number of benzene rings is 2. The van der Waals surface area contributed by atoms with E-state index in [-0.39, 0.29) is 5.56 Å². The first-order valence-electron chi connectivity index (χ1n) is 6.08. The predicted octanol–water partition coefficient (Wildman–Crippen LogP) is 3.84. The molecule has 0 saturated carbocycles. The van der Waals surface area contributed by atoms with Crippen LogP contribution in [0.2, 0.25) is 0 Å². The molecular weight excluding hydrogens is 281 g/mol. The summed E-state index contributed by atoms with van der Waals surface area (Å²) in [5, 5.41) is 2.80. The Morgan fingerprint density at radius 1 is 1.10 bits per heavy atom. The molecule has 0 spiro atoms. The molecule has 3 nitrogen and oxygen atoms in total. The Labute approximate surface area is 117 Å². The van der Waals surface area contributed by atoms with Gasteiger partial charge in [0.05, 0.1) is 11.3 Å². The zero-order valence-corrected chi connectivity index (χ0v) is 10.6. The second-order valence-electron chi connectivity index (χ2n) is 4.45. The fraction of sp³-hybridized carbons (Fsp3) is 0. The number of rotatable bonds is 2. The minimum absolute atomic E-state index is 0.259. The topological polar surface area (TPSA) is 44.9 Å². The Morgan fingerprint density at radius 3 is 2.67 bits per heavy atom. The molecule has 1 heterocycles. The lowest BCUT2D eigenvalue weighted by atomic mass is 10.1. The van der Waals surface area contributed by atoms with E-state index in [1.165, 1.54) is 6.20 Å². The summed E-state index contributed by atoms with van der Waals surface area (Å²) in [6.45, 7) is 0. The lowest BCUT2D eigenvalue weighted by Crippen LogP contribution is -2.13. The van der Waals surface area contributed by atoms with E-state index in [9.17, 15) is 18.0 Å². The van der Waals surface area contributed by atoms with Crippen molar-refractivity contribution in [1.82, 2.24) is 4.98 Å². The van der Waals surface area contributed by atoms with Crippen LogP contribution in [0, 0.1) is 17.5 Å². The summed E-state index contributed by atoms with van der Waals surface area (Å²) in [7, 11) is 0. The smallest absolute Gasteiger partial charge is 0.257 e. The zero-order chi connectivity index (χ0) is 15.0. The van der Waals surface area contributed by atoms with Crippen LogP contribution < -0.4 is 5.32 Å². The maximum atomic E-state index is 13.5. The van der Waals surface area contributed by atoms with Crippen molar-refractivity contribution in [2.75, 3.05) is 5.32 Å². The maximum absolute atomic E-state index is 13.5. The molecule has 3 rings (SSSR count). The van der Waals surface area contributed by atoms with E-state index >= 15 is 0 Å². The Morgan fingerprint density at radius 2 is 1.86 bits per heavy atom. The van der Waals surface area contributed by atoms with Gasteiger partial charge < -0.3 is 10.3 Å². The quantitative estimate of drug-likeness (QED) is 0.692. The molecule has 2 aromatic carbocycles. The summed E-state index contributed by atoms with van der Waals surface area (Å²) in [6, 6.07) is 8.16. The molecule has 1 amide bonds. The third-order valence-electron chi connectivity index (χ3n) is 3.08. The Bertz CT molecular complexity index is 842. The molecule has 21 heavy (non-hydrogen) atoms. The van der Waals surface area contributed by atoms with Crippen molar-refractivity contribution < 1.29 is 18.0 Å². The van der Waals surface area contributed by atoms with E-state index < -0.39 is 29.0 Å². The SMILES string of the molecule is O=C(Nc1cc(F)cc(F)c1F)c1c[nH]c2ccccc12. The lowest BCUT2D eigenvalue weighted by molar-refractivity contribution is 0.102. The standard InChI is InChI=1S/C15H9F3N2O/c16-8-5-11(17)14(18)13(6-8)20-15(21)10-7-19-12-4-2-1-3-9(10)12/h1-7,19H,(H,20,21). The van der Waals surface area contributed by atoms with Gasteiger partial charge in [-0.2, -0.15) is 0 Å². The minimum Gasteiger partial charge on any atom is -0.360 e. The number of amides is 1. The second-order valence-corrected chi connectivity index (χ2v) is 4.45. The van der Waals surface area contributed by atoms with Crippen LogP contribution in [-0.4, -0.2) is 10.9 Å². The zero-order valence-electron chi connectivity index (χ0n) is 10.6. The molecule has 2 N–H and O–H groups in total. The van der Waals surface area contributed by atoms with E-state index in [1.807, 2.05) is 0 Å². The highest BCUT2D eigenvalue weighted by molar-refractivity contribution is 6.12. The molecule has 0 atom stereocenters. The van der Waals surface area contributed by atoms with Crippen LogP contribution in [0.25, 0.3) is 10.9 Å². The molecule has 0 bridgehead atoms. The van der Waals surface area contributed by atoms with Gasteiger partial charge in [0.15, 0.2) is 11.6 Å². The van der Waals surface area contributed by atoms with Crippen LogP contribution in [-0.2, 0) is 0 Å². The Kier molecular flexibility index (Phi) is 3.13. The van der Waals surface area contributed by atoms with Crippen LogP contribution in [0.1, 0.15) is 10.4 Å². The molecule has 0 unspecified atom stereocenters. The number of hydrogen-bond donors (Lipinski definition) is 2. The Hall–Kier alpha value is -2.76. The summed E-state index contributed by atoms with van der Waals surface area (Å²) >= 11 is 0. The van der Waals surface area contributed by atoms with Crippen molar-refractivity contribution in [3.63, 3.8) is 0 Å². The second kappa shape index (κ2) is 4.97. The molecule has 1 aromatic heterocycles. The summed E-state index contributed by atoms with van der Waals surface area (Å²) in [5.41, 5.74) is 0.450. The first kappa shape index (κ1) is 13.2. The average Bonchev–Trinajstić information content (AvgIpc) is 2.88. The summed E-state index contributed by atoms with van der Waals surface area (Å²) in [4.78, 5) is 15.0. The van der Waals surface area contributed by atoms with Gasteiger partial charge in [0.1, 0.15) is 5.82 Å². The summed E-state index contributed by atoms with van der Waals surface area (Å²) < 4.78 is 39.7. The maximum Gasteiger partial charge on any atom is 0.257 e. The Balaban J connectivity index is 1.97. The van der Waals surface area contributed by atoms with E-state index in [0.717, 1.165) is 11.6 Å². The lowest BCUT2D eigenvalue weighted by Gasteiger charge is -2.06. The number of nitrogens with one attached hydrogen (secondary N) is 2. The van der Waals surface area contributed by atoms with Gasteiger partial charge in [-0.1, -0.05) is 18.2 Å². The molecule has 106 valence electrons. The number of aromatic nitrogens is 1. The molecule has 0 radical (unpaired) electrons. The van der Waals surface area contributed by atoms with Crippen molar-refractivity contribution in [2.45, 2.75) is 0 Å². The summed E-state index contributed by atoms with van der Waals surface area (Å²) in [5.74, 6) is -4.28. The van der Waals surface area contributed by atoms with Gasteiger partial charge in [0.2, 0.25) is 0 Å². The number of hydrogen-bond acceptors (Lipinski definition) is 1. The van der Waals surface area contributed by atoms with Gasteiger partial charge in [-0.05, 0) is 6.07 Å². The third-order valence-corrected chi connectivity index (χ3v) is 3.08. The fourth-order valence-electron chi connectivity index (χ4n) is 2.10. The monoisotopic (exact) mass is 290 g/mol. The van der Waals surface area contributed by atoms with Gasteiger partial charge in [-0.3, -0.25) is 4.79 Å². The molecule has 0 aliphatic carbocycles. The van der Waals surface area contributed by atoms with Crippen molar-refractivity contribution in [1.29, 1.82) is 0 Å². The highest BCUT2D eigenvalue weighted by Gasteiger charge is 2.16. The average molecular weight is 290 g/mol. The molecule has 6 heteroatoms. The number of para-hydroxylation sites is 1. The number of anilines is 1. The highest BCUT2D eigenvalue weighted by atomic mass is 19.2. The first-order valence-corrected chi connectivity index (χ1v) is 6.08. The molecule has 3 aromatic rings. The highest BCUT2D eigenvalue weighted by Crippen LogP contribution is 2.22. The predicted molar refractivity (Wildman–Crippen MR) is 72.6 cm³/mol. The molecule has 0 fully saturated rings. The van der Waals surface area contributed by atoms with E-state index in [2.05, 4.69) is 10.3 Å². The van der Waals surface area contributed by atoms with Crippen molar-refractivity contribution >= 4 is 22.5 Å². The molecule has 0 aliphatic rings. The number of carbonyl (C=O) groups is 1. The number of fused-ring (bicyclic) bond motifs is 1. The number of H-pyrrole nitrogens is 1. The fourth-order valence-corrected chi connectivity index (χ4v) is 2.10. The van der Waals surface area contributed by atoms with Crippen LogP contribution in [0.4, 0.5) is 18.9 Å². The van der Waals surface area contributed by atoms with Gasteiger partial charge in [0, 0.05) is 29.2 Å². The molecule has 0 saturated heterocycles. The minimum atomic E-state index is -1.36. The van der Waals surface area contributed by atoms with E-state index in [4.69, 9.17) is 0 Å². The van der Waals surface area contributed by atoms with Gasteiger partial charge in [-0.15, -0.1) is 0 Å². The van der Waals surface area contributed by atoms with E-state index in [1.54, 1.807) is 24.3 Å². The van der Waals surface area contributed by atoms with Gasteiger partial charge in [0.25, 0.3) is 5.91 Å². The van der Waals surface area contributed by atoms with Crippen molar-refractivity contribution in [3.8, 4) is 0 Å². The van der Waals surface area contributed by atoms with Gasteiger partial charge >= 0.3 is 0 Å². The largest absolute Gasteiger partial charge is 0.360 e. The van der Waals surface area contributed by atoms with Crippen LogP contribution in [0.3, 0.4) is 0 Å². The molecule has 0 aliphatic heterocycles. The number of halogens is 3. The normalized spacial score (nSPS) is 10.8. The summed E-state index contributed by atoms with van der Waals surface area (Å²) in [6.07, 6.45) is 1.45. The van der Waals surface area contributed by atoms with Crippen molar-refractivity contribution in [2.24, 2.45) is 0 Å². The van der Waals surface area contributed by atoms with Gasteiger partial charge in [-0.25, -0.2) is 13.2 Å². The number of carbonyl (C=O) groups excluding carboxylic acids is 1. The van der Waals surface area contributed by atoms with Crippen LogP contribution in [0.15, 0.2) is 42.6 Å². The van der Waals surface area contributed by atoms with Crippen LogP contribution in [0.5, 0.6) is 0 Å². The third kappa shape index (κ3) is 2.35. The van der Waals surface area contributed by atoms with E-state index in [0.29, 0.717) is 11.5 Å². The molecular formula is C15H9F3N2O.